The summed E-state index contributed by atoms with van der Waals surface area (Å²) in [5.74, 6) is 0.519. The summed E-state index contributed by atoms with van der Waals surface area (Å²) in [7, 11) is 0. The van der Waals surface area contributed by atoms with Gasteiger partial charge < -0.3 is 4.74 Å². The van der Waals surface area contributed by atoms with Gasteiger partial charge in [-0.15, -0.1) is 0 Å². The second-order valence-corrected chi connectivity index (χ2v) is 3.83. The summed E-state index contributed by atoms with van der Waals surface area (Å²) < 4.78 is 29.9. The van der Waals surface area contributed by atoms with Crippen LogP contribution in [-0.4, -0.2) is 40.2 Å². The molecule has 0 radical (unpaired) electrons. The maximum atomic E-state index is 11.8. The van der Waals surface area contributed by atoms with Crippen molar-refractivity contribution in [3.05, 3.63) is 12.2 Å². The molecule has 1 heterocycles. The molecule has 0 amide bonds. The van der Waals surface area contributed by atoms with Crippen LogP contribution in [0.4, 0.5) is 8.78 Å². The quantitative estimate of drug-likeness (QED) is 0.632. The highest BCUT2D eigenvalue weighted by Crippen LogP contribution is 2.01. The van der Waals surface area contributed by atoms with Crippen molar-refractivity contribution in [1.29, 1.82) is 0 Å². The van der Waals surface area contributed by atoms with Crippen molar-refractivity contribution in [2.24, 2.45) is 0 Å². The maximum absolute atomic E-state index is 11.8. The number of halogens is 2. The van der Waals surface area contributed by atoms with E-state index in [1.54, 1.807) is 4.68 Å². The molecule has 1 aromatic heterocycles. The first-order valence-electron chi connectivity index (χ1n) is 5.87. The van der Waals surface area contributed by atoms with Crippen LogP contribution in [0.2, 0.25) is 0 Å². The molecular formula is C11H17F2N3O2. The summed E-state index contributed by atoms with van der Waals surface area (Å²) in [6, 6.07) is 0. The van der Waals surface area contributed by atoms with Gasteiger partial charge in [-0.3, -0.25) is 4.79 Å². The third-order valence-corrected chi connectivity index (χ3v) is 2.26. The van der Waals surface area contributed by atoms with Gasteiger partial charge in [0, 0.05) is 13.0 Å². The molecule has 0 saturated carbocycles. The zero-order chi connectivity index (χ0) is 13.4. The van der Waals surface area contributed by atoms with E-state index in [0.717, 1.165) is 6.42 Å². The van der Waals surface area contributed by atoms with Crippen LogP contribution in [0.1, 0.15) is 25.6 Å². The second kappa shape index (κ2) is 7.86. The number of rotatable bonds is 9. The number of aromatic nitrogens is 3. The Morgan fingerprint density at radius 2 is 2.33 bits per heavy atom. The van der Waals surface area contributed by atoms with Crippen molar-refractivity contribution < 1.29 is 18.3 Å². The fourth-order valence-corrected chi connectivity index (χ4v) is 1.45. The van der Waals surface area contributed by atoms with Crippen LogP contribution in [0.5, 0.6) is 0 Å². The van der Waals surface area contributed by atoms with E-state index in [1.807, 2.05) is 6.92 Å². The number of ketones is 1. The lowest BCUT2D eigenvalue weighted by Crippen LogP contribution is -2.14. The lowest BCUT2D eigenvalue weighted by molar-refractivity contribution is -0.120. The Labute approximate surface area is 104 Å². The molecule has 0 aliphatic carbocycles. The van der Waals surface area contributed by atoms with E-state index >= 15 is 0 Å². The Balaban J connectivity index is 2.28. The molecule has 1 rings (SSSR count). The minimum Gasteiger partial charge on any atom is -0.375 e. The van der Waals surface area contributed by atoms with Gasteiger partial charge in [0.1, 0.15) is 24.5 Å². The average Bonchev–Trinajstić information content (AvgIpc) is 2.72. The summed E-state index contributed by atoms with van der Waals surface area (Å²) in [6.07, 6.45) is 0.102. The van der Waals surface area contributed by atoms with E-state index in [4.69, 9.17) is 0 Å². The van der Waals surface area contributed by atoms with E-state index in [2.05, 4.69) is 14.8 Å². The van der Waals surface area contributed by atoms with Crippen molar-refractivity contribution in [3.8, 4) is 0 Å². The minimum absolute atomic E-state index is 0.0189. The molecule has 0 saturated heterocycles. The zero-order valence-electron chi connectivity index (χ0n) is 10.3. The highest BCUT2D eigenvalue weighted by atomic mass is 19.3. The molecule has 0 atom stereocenters. The van der Waals surface area contributed by atoms with Crippen molar-refractivity contribution in [2.45, 2.75) is 39.2 Å². The predicted molar refractivity (Wildman–Crippen MR) is 60.5 cm³/mol. The van der Waals surface area contributed by atoms with Crippen LogP contribution in [0.15, 0.2) is 6.33 Å². The Morgan fingerprint density at radius 1 is 1.56 bits per heavy atom. The zero-order valence-corrected chi connectivity index (χ0v) is 10.3. The average molecular weight is 261 g/mol. The molecule has 0 unspecified atom stereocenters. The Morgan fingerprint density at radius 3 is 3.00 bits per heavy atom. The first-order chi connectivity index (χ1) is 8.63. The Kier molecular flexibility index (Phi) is 6.42. The summed E-state index contributed by atoms with van der Waals surface area (Å²) in [6.45, 7) is 2.11. The van der Waals surface area contributed by atoms with Gasteiger partial charge >= 0.3 is 0 Å². The topological polar surface area (TPSA) is 57.0 Å². The van der Waals surface area contributed by atoms with Crippen LogP contribution in [0, 0.1) is 0 Å². The fraction of sp³-hybridized carbons (Fsp3) is 0.727. The first kappa shape index (κ1) is 14.7. The molecule has 0 aromatic carbocycles. The van der Waals surface area contributed by atoms with Crippen LogP contribution < -0.4 is 0 Å². The van der Waals surface area contributed by atoms with E-state index in [9.17, 15) is 13.6 Å². The highest BCUT2D eigenvalue weighted by molar-refractivity contribution is 5.80. The van der Waals surface area contributed by atoms with Gasteiger partial charge in [0.2, 0.25) is 0 Å². The number of hydrogen-bond acceptors (Lipinski definition) is 4. The number of aryl methyl sites for hydroxylation is 1. The monoisotopic (exact) mass is 261 g/mol. The Bertz CT molecular complexity index is 369. The lowest BCUT2D eigenvalue weighted by Gasteiger charge is -2.04. The lowest BCUT2D eigenvalue weighted by atomic mass is 10.2. The SMILES string of the molecule is CCCn1ncnc1CC(=O)CCOCC(F)F. The largest absolute Gasteiger partial charge is 0.375 e. The van der Waals surface area contributed by atoms with Crippen molar-refractivity contribution in [3.63, 3.8) is 0 Å². The summed E-state index contributed by atoms with van der Waals surface area (Å²) in [4.78, 5) is 15.6. The highest BCUT2D eigenvalue weighted by Gasteiger charge is 2.10. The number of hydrogen-bond donors (Lipinski definition) is 0. The number of nitrogens with zero attached hydrogens (tertiary/aromatic N) is 3. The van der Waals surface area contributed by atoms with Crippen LogP contribution in [0.3, 0.4) is 0 Å². The fourth-order valence-electron chi connectivity index (χ4n) is 1.45. The van der Waals surface area contributed by atoms with Crippen molar-refractivity contribution in [1.82, 2.24) is 14.8 Å². The molecule has 7 heteroatoms. The van der Waals surface area contributed by atoms with Crippen molar-refractivity contribution in [2.75, 3.05) is 13.2 Å². The molecule has 18 heavy (non-hydrogen) atoms. The minimum atomic E-state index is -2.49. The van der Waals surface area contributed by atoms with Crippen LogP contribution >= 0.6 is 0 Å². The second-order valence-electron chi connectivity index (χ2n) is 3.83. The third-order valence-electron chi connectivity index (χ3n) is 2.26. The molecule has 0 spiro atoms. The summed E-state index contributed by atoms with van der Waals surface area (Å²) in [5.41, 5.74) is 0. The normalized spacial score (nSPS) is 11.1. The maximum Gasteiger partial charge on any atom is 0.261 e. The first-order valence-corrected chi connectivity index (χ1v) is 5.87. The number of Topliss-reactive ketones (excluding diaryl/α,β-unsaturated/α-hetero) is 1. The molecular weight excluding hydrogens is 244 g/mol. The number of carbonyl (C=O) groups is 1. The molecule has 0 bridgehead atoms. The van der Waals surface area contributed by atoms with Gasteiger partial charge in [-0.25, -0.2) is 18.4 Å². The molecule has 0 aliphatic heterocycles. The Hall–Kier alpha value is -1.37. The van der Waals surface area contributed by atoms with Gasteiger partial charge in [-0.1, -0.05) is 6.92 Å². The predicted octanol–water partition coefficient (Wildman–Crippen LogP) is 1.47. The summed E-state index contributed by atoms with van der Waals surface area (Å²) in [5, 5.41) is 4.00. The molecule has 1 aromatic rings. The van der Waals surface area contributed by atoms with E-state index in [1.165, 1.54) is 6.33 Å². The van der Waals surface area contributed by atoms with Gasteiger partial charge in [0.25, 0.3) is 6.43 Å². The van der Waals surface area contributed by atoms with Gasteiger partial charge in [-0.05, 0) is 6.42 Å². The van der Waals surface area contributed by atoms with E-state index in [0.29, 0.717) is 12.4 Å². The van der Waals surface area contributed by atoms with E-state index in [-0.39, 0.29) is 25.2 Å². The summed E-state index contributed by atoms with van der Waals surface area (Å²) >= 11 is 0. The standard InChI is InChI=1S/C11H17F2N3O2/c1-2-4-16-11(14-8-15-16)6-9(17)3-5-18-7-10(12)13/h8,10H,2-7H2,1H3. The number of ether oxygens (including phenoxy) is 1. The smallest absolute Gasteiger partial charge is 0.261 e. The van der Waals surface area contributed by atoms with Crippen LogP contribution in [-0.2, 0) is 22.5 Å². The molecule has 5 nitrogen and oxygen atoms in total. The van der Waals surface area contributed by atoms with Gasteiger partial charge in [-0.2, -0.15) is 5.10 Å². The third kappa shape index (κ3) is 5.31. The molecule has 0 fully saturated rings. The van der Waals surface area contributed by atoms with Gasteiger partial charge in [0.05, 0.1) is 13.0 Å². The van der Waals surface area contributed by atoms with Gasteiger partial charge in [0.15, 0.2) is 0 Å². The number of alkyl halides is 2. The van der Waals surface area contributed by atoms with Crippen molar-refractivity contribution >= 4 is 5.78 Å². The number of carbonyl (C=O) groups excluding carboxylic acids is 1. The molecule has 102 valence electrons. The van der Waals surface area contributed by atoms with Crippen LogP contribution in [0.25, 0.3) is 0 Å². The molecule has 0 N–H and O–H groups in total. The van der Waals surface area contributed by atoms with E-state index < -0.39 is 13.0 Å². The molecule has 0 aliphatic rings.